The van der Waals surface area contributed by atoms with Crippen LogP contribution in [0.3, 0.4) is 0 Å². The number of nitrogens with one attached hydrogen (secondary N) is 1. The van der Waals surface area contributed by atoms with Gasteiger partial charge in [0.25, 0.3) is 0 Å². The molecule has 0 aromatic heterocycles. The van der Waals surface area contributed by atoms with Crippen molar-refractivity contribution in [1.82, 2.24) is 5.32 Å². The molecule has 1 N–H and O–H groups in total. The third-order valence-electron chi connectivity index (χ3n) is 2.20. The lowest BCUT2D eigenvalue weighted by atomic mass is 9.96. The second-order valence-corrected chi connectivity index (χ2v) is 2.80. The number of hydrogen-bond donors (Lipinski definition) is 1. The van der Waals surface area contributed by atoms with Gasteiger partial charge in [-0.2, -0.15) is 0 Å². The summed E-state index contributed by atoms with van der Waals surface area (Å²) in [7, 11) is 0. The Morgan fingerprint density at radius 1 is 1.50 bits per heavy atom. The maximum atomic E-state index is 3.37. The normalized spacial score (nSPS) is 38.2. The molecule has 48 valence electrons. The summed E-state index contributed by atoms with van der Waals surface area (Å²) in [6.07, 6.45) is 1.34. The Morgan fingerprint density at radius 3 is 2.50 bits per heavy atom. The first-order chi connectivity index (χ1) is 3.84. The predicted molar refractivity (Wildman–Crippen MR) is 35.8 cm³/mol. The summed E-state index contributed by atoms with van der Waals surface area (Å²) in [5.74, 6) is 1.87. The van der Waals surface area contributed by atoms with Crippen molar-refractivity contribution in [3.05, 3.63) is 0 Å². The number of hydrogen-bond acceptors (Lipinski definition) is 1. The van der Waals surface area contributed by atoms with Crippen LogP contribution in [0.5, 0.6) is 0 Å². The maximum absolute atomic E-state index is 3.37. The van der Waals surface area contributed by atoms with Crippen LogP contribution in [0.4, 0.5) is 0 Å². The summed E-state index contributed by atoms with van der Waals surface area (Å²) < 4.78 is 0. The second kappa shape index (κ2) is 2.49. The predicted octanol–water partition coefficient (Wildman–Crippen LogP) is 1.25. The first-order valence-corrected chi connectivity index (χ1v) is 3.55. The average molecular weight is 113 g/mol. The summed E-state index contributed by atoms with van der Waals surface area (Å²) in [5, 5.41) is 3.37. The first kappa shape index (κ1) is 6.09. The van der Waals surface area contributed by atoms with E-state index in [1.807, 2.05) is 0 Å². The summed E-state index contributed by atoms with van der Waals surface area (Å²) >= 11 is 0. The second-order valence-electron chi connectivity index (χ2n) is 2.80. The highest BCUT2D eigenvalue weighted by Crippen LogP contribution is 2.17. The molecule has 1 saturated heterocycles. The van der Waals surface area contributed by atoms with Crippen molar-refractivity contribution in [2.24, 2.45) is 11.8 Å². The Hall–Kier alpha value is -0.0400. The SMILES string of the molecule is CC[C@H]1CNCC1C. The quantitative estimate of drug-likeness (QED) is 0.539. The fraction of sp³-hybridized carbons (Fsp3) is 1.00. The van der Waals surface area contributed by atoms with Crippen LogP contribution in [0.15, 0.2) is 0 Å². The van der Waals surface area contributed by atoms with Gasteiger partial charge in [-0.05, 0) is 24.9 Å². The van der Waals surface area contributed by atoms with E-state index < -0.39 is 0 Å². The van der Waals surface area contributed by atoms with Crippen LogP contribution in [-0.4, -0.2) is 13.1 Å². The molecular weight excluding hydrogens is 98.1 g/mol. The lowest BCUT2D eigenvalue weighted by molar-refractivity contribution is 0.440. The minimum Gasteiger partial charge on any atom is -0.316 e. The maximum Gasteiger partial charge on any atom is -0.00175 e. The van der Waals surface area contributed by atoms with Gasteiger partial charge in [0.1, 0.15) is 0 Å². The summed E-state index contributed by atoms with van der Waals surface area (Å²) in [6.45, 7) is 7.08. The van der Waals surface area contributed by atoms with Crippen molar-refractivity contribution in [2.45, 2.75) is 20.3 Å². The molecule has 0 radical (unpaired) electrons. The monoisotopic (exact) mass is 113 g/mol. The molecule has 0 aromatic carbocycles. The van der Waals surface area contributed by atoms with E-state index in [1.54, 1.807) is 0 Å². The van der Waals surface area contributed by atoms with Gasteiger partial charge >= 0.3 is 0 Å². The third-order valence-corrected chi connectivity index (χ3v) is 2.20. The summed E-state index contributed by atoms with van der Waals surface area (Å²) in [5.41, 5.74) is 0. The lowest BCUT2D eigenvalue weighted by Gasteiger charge is -2.08. The number of rotatable bonds is 1. The van der Waals surface area contributed by atoms with E-state index in [2.05, 4.69) is 19.2 Å². The summed E-state index contributed by atoms with van der Waals surface area (Å²) in [4.78, 5) is 0. The van der Waals surface area contributed by atoms with Gasteiger partial charge in [0.15, 0.2) is 0 Å². The minimum absolute atomic E-state index is 0.917. The average Bonchev–Trinajstić information content (AvgIpc) is 2.14. The molecule has 0 aromatic rings. The topological polar surface area (TPSA) is 12.0 Å². The van der Waals surface area contributed by atoms with Gasteiger partial charge in [-0.25, -0.2) is 0 Å². The van der Waals surface area contributed by atoms with Crippen LogP contribution in [0.25, 0.3) is 0 Å². The molecular formula is C7H15N. The van der Waals surface area contributed by atoms with Crippen molar-refractivity contribution >= 4 is 0 Å². The van der Waals surface area contributed by atoms with Gasteiger partial charge in [-0.15, -0.1) is 0 Å². The third kappa shape index (κ3) is 1.03. The Balaban J connectivity index is 2.30. The molecule has 1 unspecified atom stereocenters. The molecule has 0 bridgehead atoms. The lowest BCUT2D eigenvalue weighted by Crippen LogP contribution is -2.07. The van der Waals surface area contributed by atoms with E-state index in [1.165, 1.54) is 19.5 Å². The highest BCUT2D eigenvalue weighted by molar-refractivity contribution is 4.76. The van der Waals surface area contributed by atoms with E-state index in [0.717, 1.165) is 11.8 Å². The van der Waals surface area contributed by atoms with Gasteiger partial charge in [-0.1, -0.05) is 20.3 Å². The smallest absolute Gasteiger partial charge is 0.00175 e. The van der Waals surface area contributed by atoms with Crippen LogP contribution < -0.4 is 5.32 Å². The Labute approximate surface area is 51.5 Å². The van der Waals surface area contributed by atoms with E-state index >= 15 is 0 Å². The van der Waals surface area contributed by atoms with Crippen LogP contribution in [0.2, 0.25) is 0 Å². The van der Waals surface area contributed by atoms with E-state index in [0.29, 0.717) is 0 Å². The van der Waals surface area contributed by atoms with Crippen LogP contribution in [-0.2, 0) is 0 Å². The van der Waals surface area contributed by atoms with Gasteiger partial charge in [-0.3, -0.25) is 0 Å². The van der Waals surface area contributed by atoms with E-state index in [9.17, 15) is 0 Å². The summed E-state index contributed by atoms with van der Waals surface area (Å²) in [6, 6.07) is 0. The highest BCUT2D eigenvalue weighted by Gasteiger charge is 2.20. The van der Waals surface area contributed by atoms with Crippen molar-refractivity contribution in [3.63, 3.8) is 0 Å². The molecule has 1 fully saturated rings. The Kier molecular flexibility index (Phi) is 1.90. The Bertz CT molecular complexity index is 70.8. The molecule has 1 heteroatoms. The zero-order valence-electron chi connectivity index (χ0n) is 5.78. The van der Waals surface area contributed by atoms with Gasteiger partial charge in [0.2, 0.25) is 0 Å². The molecule has 2 atom stereocenters. The van der Waals surface area contributed by atoms with Gasteiger partial charge < -0.3 is 5.32 Å². The molecule has 1 aliphatic rings. The molecule has 0 spiro atoms. The largest absolute Gasteiger partial charge is 0.316 e. The van der Waals surface area contributed by atoms with Crippen LogP contribution in [0, 0.1) is 11.8 Å². The molecule has 1 nitrogen and oxygen atoms in total. The van der Waals surface area contributed by atoms with Gasteiger partial charge in [0.05, 0.1) is 0 Å². The molecule has 1 aliphatic heterocycles. The minimum atomic E-state index is 0.917. The molecule has 0 amide bonds. The molecule has 1 heterocycles. The fourth-order valence-corrected chi connectivity index (χ4v) is 1.41. The zero-order valence-corrected chi connectivity index (χ0v) is 5.78. The molecule has 8 heavy (non-hydrogen) atoms. The van der Waals surface area contributed by atoms with Gasteiger partial charge in [0, 0.05) is 0 Å². The molecule has 0 saturated carbocycles. The van der Waals surface area contributed by atoms with E-state index in [4.69, 9.17) is 0 Å². The van der Waals surface area contributed by atoms with Crippen molar-refractivity contribution in [2.75, 3.05) is 13.1 Å². The van der Waals surface area contributed by atoms with Crippen molar-refractivity contribution in [3.8, 4) is 0 Å². The Morgan fingerprint density at radius 2 is 2.25 bits per heavy atom. The highest BCUT2D eigenvalue weighted by atomic mass is 14.9. The fourth-order valence-electron chi connectivity index (χ4n) is 1.41. The van der Waals surface area contributed by atoms with Crippen LogP contribution >= 0.6 is 0 Å². The molecule has 0 aliphatic carbocycles. The van der Waals surface area contributed by atoms with Crippen LogP contribution in [0.1, 0.15) is 20.3 Å². The molecule has 1 rings (SSSR count). The van der Waals surface area contributed by atoms with Crippen molar-refractivity contribution in [1.29, 1.82) is 0 Å². The first-order valence-electron chi connectivity index (χ1n) is 3.55. The zero-order chi connectivity index (χ0) is 5.98. The standard InChI is InChI=1S/C7H15N/c1-3-7-5-8-4-6(7)2/h6-8H,3-5H2,1-2H3/t6?,7-/m0/s1. The van der Waals surface area contributed by atoms with E-state index in [-0.39, 0.29) is 0 Å². The van der Waals surface area contributed by atoms with Crippen molar-refractivity contribution < 1.29 is 0 Å².